The number of hydrogen-bond acceptors (Lipinski definition) is 5. The Morgan fingerprint density at radius 2 is 1.83 bits per heavy atom. The van der Waals surface area contributed by atoms with Gasteiger partial charge in [0.1, 0.15) is 12.4 Å². The van der Waals surface area contributed by atoms with E-state index in [4.69, 9.17) is 19.9 Å². The first kappa shape index (κ1) is 14.4. The normalized spacial score (nSPS) is 10.9. The van der Waals surface area contributed by atoms with Gasteiger partial charge in [0.2, 0.25) is 10.0 Å². The van der Waals surface area contributed by atoms with Crippen molar-refractivity contribution in [1.29, 1.82) is 5.26 Å². The van der Waals surface area contributed by atoms with Gasteiger partial charge in [-0.25, -0.2) is 13.6 Å². The minimum absolute atomic E-state index is 0.0512. The van der Waals surface area contributed by atoms with Crippen LogP contribution >= 0.6 is 0 Å². The van der Waals surface area contributed by atoms with Gasteiger partial charge in [0, 0.05) is 0 Å². The van der Waals surface area contributed by atoms with Crippen LogP contribution in [0.5, 0.6) is 5.75 Å². The molecule has 1 aromatic carbocycles. The molecule has 0 fully saturated rings. The van der Waals surface area contributed by atoms with Crippen molar-refractivity contribution in [2.75, 3.05) is 25.6 Å². The molecule has 98 valence electrons. The van der Waals surface area contributed by atoms with Gasteiger partial charge in [0.25, 0.3) is 0 Å². The van der Waals surface area contributed by atoms with Gasteiger partial charge in [-0.2, -0.15) is 5.26 Å². The van der Waals surface area contributed by atoms with E-state index in [0.29, 0.717) is 17.9 Å². The Morgan fingerprint density at radius 3 is 2.39 bits per heavy atom. The molecule has 1 aromatic rings. The predicted octanol–water partition coefficient (Wildman–Crippen LogP) is 0.242. The van der Waals surface area contributed by atoms with E-state index in [1.54, 1.807) is 24.3 Å². The quantitative estimate of drug-likeness (QED) is 0.715. The molecule has 0 aromatic heterocycles. The van der Waals surface area contributed by atoms with E-state index in [0.717, 1.165) is 0 Å². The molecule has 0 atom stereocenters. The van der Waals surface area contributed by atoms with Gasteiger partial charge in [0.15, 0.2) is 0 Å². The average Bonchev–Trinajstić information content (AvgIpc) is 2.33. The summed E-state index contributed by atoms with van der Waals surface area (Å²) < 4.78 is 31.5. The molecule has 0 saturated heterocycles. The number of rotatable bonds is 7. The lowest BCUT2D eigenvalue weighted by molar-refractivity contribution is 0.111. The second kappa shape index (κ2) is 6.96. The van der Waals surface area contributed by atoms with Crippen molar-refractivity contribution in [3.05, 3.63) is 29.8 Å². The van der Waals surface area contributed by atoms with Gasteiger partial charge in [-0.15, -0.1) is 0 Å². The maximum absolute atomic E-state index is 10.6. The second-order valence-electron chi connectivity index (χ2n) is 3.46. The lowest BCUT2D eigenvalue weighted by atomic mass is 10.2. The van der Waals surface area contributed by atoms with E-state index in [2.05, 4.69) is 0 Å². The van der Waals surface area contributed by atoms with Crippen LogP contribution in [0.25, 0.3) is 0 Å². The van der Waals surface area contributed by atoms with Gasteiger partial charge < -0.3 is 9.47 Å². The van der Waals surface area contributed by atoms with Gasteiger partial charge in [-0.3, -0.25) is 0 Å². The first-order chi connectivity index (χ1) is 8.51. The lowest BCUT2D eigenvalue weighted by Gasteiger charge is -2.06. The molecule has 0 radical (unpaired) electrons. The highest BCUT2D eigenvalue weighted by molar-refractivity contribution is 7.89. The molecule has 0 aliphatic heterocycles. The first-order valence-corrected chi connectivity index (χ1v) is 6.94. The van der Waals surface area contributed by atoms with Crippen LogP contribution in [0.1, 0.15) is 5.56 Å². The molecule has 0 saturated carbocycles. The topological polar surface area (TPSA) is 102 Å². The summed E-state index contributed by atoms with van der Waals surface area (Å²) in [6, 6.07) is 8.67. The second-order valence-corrected chi connectivity index (χ2v) is 5.20. The fourth-order valence-electron chi connectivity index (χ4n) is 1.12. The Hall–Kier alpha value is -1.62. The van der Waals surface area contributed by atoms with Crippen LogP contribution in [0.15, 0.2) is 24.3 Å². The maximum atomic E-state index is 10.6. The van der Waals surface area contributed by atoms with Crippen LogP contribution in [-0.2, 0) is 14.8 Å². The number of nitriles is 1. The van der Waals surface area contributed by atoms with Crippen molar-refractivity contribution in [2.45, 2.75) is 0 Å². The SMILES string of the molecule is N#Cc1ccc(OCCOCCS(N)(=O)=O)cc1. The zero-order chi connectivity index (χ0) is 13.4. The van der Waals surface area contributed by atoms with Crippen molar-refractivity contribution in [2.24, 2.45) is 5.14 Å². The summed E-state index contributed by atoms with van der Waals surface area (Å²) in [6.45, 7) is 0.627. The van der Waals surface area contributed by atoms with Crippen LogP contribution in [0.4, 0.5) is 0 Å². The summed E-state index contributed by atoms with van der Waals surface area (Å²) in [7, 11) is -3.47. The molecule has 18 heavy (non-hydrogen) atoms. The summed E-state index contributed by atoms with van der Waals surface area (Å²) in [4.78, 5) is 0. The summed E-state index contributed by atoms with van der Waals surface area (Å²) in [5.74, 6) is 0.424. The molecule has 0 aliphatic rings. The molecular weight excluding hydrogens is 256 g/mol. The number of nitrogens with zero attached hydrogens (tertiary/aromatic N) is 1. The zero-order valence-electron chi connectivity index (χ0n) is 9.70. The number of benzene rings is 1. The van der Waals surface area contributed by atoms with Gasteiger partial charge in [0.05, 0.1) is 30.6 Å². The van der Waals surface area contributed by atoms with Crippen molar-refractivity contribution in [3.63, 3.8) is 0 Å². The van der Waals surface area contributed by atoms with Crippen LogP contribution < -0.4 is 9.88 Å². The lowest BCUT2D eigenvalue weighted by Crippen LogP contribution is -2.21. The molecule has 0 aliphatic carbocycles. The zero-order valence-corrected chi connectivity index (χ0v) is 10.5. The number of ether oxygens (including phenoxy) is 2. The van der Waals surface area contributed by atoms with Crippen molar-refractivity contribution in [1.82, 2.24) is 0 Å². The van der Waals surface area contributed by atoms with Crippen LogP contribution in [0.2, 0.25) is 0 Å². The highest BCUT2D eigenvalue weighted by Crippen LogP contribution is 2.11. The maximum Gasteiger partial charge on any atom is 0.211 e. The summed E-state index contributed by atoms with van der Waals surface area (Å²) in [5.41, 5.74) is 0.562. The molecule has 0 heterocycles. The molecular formula is C11H14N2O4S. The molecule has 0 spiro atoms. The minimum atomic E-state index is -3.47. The van der Waals surface area contributed by atoms with E-state index < -0.39 is 10.0 Å². The Balaban J connectivity index is 2.16. The first-order valence-electron chi connectivity index (χ1n) is 5.22. The van der Waals surface area contributed by atoms with Crippen LogP contribution in [0, 0.1) is 11.3 Å². The van der Waals surface area contributed by atoms with Gasteiger partial charge in [-0.05, 0) is 24.3 Å². The summed E-state index contributed by atoms with van der Waals surface area (Å²) in [6.07, 6.45) is 0. The largest absolute Gasteiger partial charge is 0.491 e. The predicted molar refractivity (Wildman–Crippen MR) is 65.4 cm³/mol. The Bertz CT molecular complexity index is 505. The van der Waals surface area contributed by atoms with Crippen molar-refractivity contribution in [3.8, 4) is 11.8 Å². The number of hydrogen-bond donors (Lipinski definition) is 1. The fourth-order valence-corrected chi connectivity index (χ4v) is 1.47. The molecule has 0 amide bonds. The number of sulfonamides is 1. The van der Waals surface area contributed by atoms with Crippen molar-refractivity contribution >= 4 is 10.0 Å². The third-order valence-corrected chi connectivity index (χ3v) is 2.73. The molecule has 0 unspecified atom stereocenters. The summed E-state index contributed by atoms with van der Waals surface area (Å²) >= 11 is 0. The van der Waals surface area contributed by atoms with E-state index in [1.165, 1.54) is 0 Å². The molecule has 6 nitrogen and oxygen atoms in total. The Kier molecular flexibility index (Phi) is 5.58. The number of nitrogens with two attached hydrogens (primary N) is 1. The standard InChI is InChI=1S/C11H14N2O4S/c12-9-10-1-3-11(4-2-10)17-6-5-16-7-8-18(13,14)15/h1-4H,5-8H2,(H2,13,14,15). The smallest absolute Gasteiger partial charge is 0.211 e. The van der Waals surface area contributed by atoms with Gasteiger partial charge in [-0.1, -0.05) is 0 Å². The summed E-state index contributed by atoms with van der Waals surface area (Å²) in [5, 5.41) is 13.4. The van der Waals surface area contributed by atoms with Crippen LogP contribution in [-0.4, -0.2) is 34.0 Å². The monoisotopic (exact) mass is 270 g/mol. The van der Waals surface area contributed by atoms with Crippen molar-refractivity contribution < 1.29 is 17.9 Å². The molecule has 7 heteroatoms. The highest BCUT2D eigenvalue weighted by atomic mass is 32.2. The molecule has 0 bridgehead atoms. The van der Waals surface area contributed by atoms with E-state index in [-0.39, 0.29) is 19.0 Å². The van der Waals surface area contributed by atoms with E-state index >= 15 is 0 Å². The average molecular weight is 270 g/mol. The third kappa shape index (κ3) is 6.20. The van der Waals surface area contributed by atoms with Gasteiger partial charge >= 0.3 is 0 Å². The molecule has 2 N–H and O–H groups in total. The molecule has 1 rings (SSSR count). The highest BCUT2D eigenvalue weighted by Gasteiger charge is 2.01. The van der Waals surface area contributed by atoms with E-state index in [1.807, 2.05) is 6.07 Å². The minimum Gasteiger partial charge on any atom is -0.491 e. The van der Waals surface area contributed by atoms with E-state index in [9.17, 15) is 8.42 Å². The van der Waals surface area contributed by atoms with Crippen LogP contribution in [0.3, 0.4) is 0 Å². The Labute approximate surface area is 106 Å². The Morgan fingerprint density at radius 1 is 1.17 bits per heavy atom. The number of primary sulfonamides is 1. The third-order valence-electron chi connectivity index (χ3n) is 1.99. The fraction of sp³-hybridized carbons (Fsp3) is 0.364.